The van der Waals surface area contributed by atoms with Gasteiger partial charge in [0.25, 0.3) is 5.91 Å². The van der Waals surface area contributed by atoms with E-state index in [0.717, 1.165) is 12.2 Å². The summed E-state index contributed by atoms with van der Waals surface area (Å²) in [6.45, 7) is 5.65. The molecular formula is C24H25NO5. The topological polar surface area (TPSA) is 69.9 Å². The first kappa shape index (κ1) is 19.9. The lowest BCUT2D eigenvalue weighted by molar-refractivity contribution is 0.0992. The molecule has 2 aromatic carbocycles. The van der Waals surface area contributed by atoms with Crippen molar-refractivity contribution in [1.29, 1.82) is 0 Å². The molecule has 0 saturated carbocycles. The van der Waals surface area contributed by atoms with Crippen molar-refractivity contribution in [3.63, 3.8) is 0 Å². The molecule has 3 aromatic rings. The van der Waals surface area contributed by atoms with Crippen molar-refractivity contribution >= 4 is 11.6 Å². The minimum absolute atomic E-state index is 0.218. The molecule has 0 saturated heterocycles. The van der Waals surface area contributed by atoms with Gasteiger partial charge in [0.1, 0.15) is 31.3 Å². The SMILES string of the molecule is CCC(C)c1ccc(OCc2ccc(C(=O)Nc3ccc4c(c3)OCCO4)o2)cc1. The van der Waals surface area contributed by atoms with E-state index in [-0.39, 0.29) is 18.3 Å². The average Bonchev–Trinajstić information content (AvgIpc) is 3.27. The van der Waals surface area contributed by atoms with Gasteiger partial charge in [-0.25, -0.2) is 0 Å². The Morgan fingerprint density at radius 1 is 1.03 bits per heavy atom. The predicted molar refractivity (Wildman–Crippen MR) is 114 cm³/mol. The fraction of sp³-hybridized carbons (Fsp3) is 0.292. The monoisotopic (exact) mass is 407 g/mol. The zero-order valence-corrected chi connectivity index (χ0v) is 17.1. The van der Waals surface area contributed by atoms with E-state index >= 15 is 0 Å². The van der Waals surface area contributed by atoms with Crippen molar-refractivity contribution in [2.24, 2.45) is 0 Å². The molecule has 1 unspecified atom stereocenters. The van der Waals surface area contributed by atoms with Crippen molar-refractivity contribution in [1.82, 2.24) is 0 Å². The van der Waals surface area contributed by atoms with Crippen molar-refractivity contribution < 1.29 is 23.4 Å². The highest BCUT2D eigenvalue weighted by molar-refractivity contribution is 6.02. The number of hydrogen-bond acceptors (Lipinski definition) is 5. The molecule has 0 aliphatic carbocycles. The fourth-order valence-electron chi connectivity index (χ4n) is 3.17. The molecule has 1 N–H and O–H groups in total. The minimum Gasteiger partial charge on any atom is -0.486 e. The summed E-state index contributed by atoms with van der Waals surface area (Å²) in [5.41, 5.74) is 1.90. The van der Waals surface area contributed by atoms with Gasteiger partial charge in [0.2, 0.25) is 0 Å². The van der Waals surface area contributed by atoms with Gasteiger partial charge in [-0.05, 0) is 54.3 Å². The van der Waals surface area contributed by atoms with E-state index in [1.807, 2.05) is 12.1 Å². The van der Waals surface area contributed by atoms with Crippen LogP contribution >= 0.6 is 0 Å². The number of furan rings is 1. The van der Waals surface area contributed by atoms with Crippen molar-refractivity contribution in [3.05, 3.63) is 71.7 Å². The normalized spacial score (nSPS) is 13.5. The first-order chi connectivity index (χ1) is 14.6. The second-order valence-corrected chi connectivity index (χ2v) is 7.25. The van der Waals surface area contributed by atoms with Gasteiger partial charge in [-0.2, -0.15) is 0 Å². The lowest BCUT2D eigenvalue weighted by Gasteiger charge is -2.18. The summed E-state index contributed by atoms with van der Waals surface area (Å²) in [4.78, 5) is 12.5. The molecule has 1 aromatic heterocycles. The maximum atomic E-state index is 12.5. The molecule has 1 aliphatic heterocycles. The van der Waals surface area contributed by atoms with Gasteiger partial charge < -0.3 is 23.9 Å². The van der Waals surface area contributed by atoms with Crippen molar-refractivity contribution in [3.8, 4) is 17.2 Å². The Morgan fingerprint density at radius 3 is 2.57 bits per heavy atom. The number of fused-ring (bicyclic) bond motifs is 1. The average molecular weight is 407 g/mol. The van der Waals surface area contributed by atoms with Gasteiger partial charge in [0.15, 0.2) is 17.3 Å². The van der Waals surface area contributed by atoms with E-state index in [9.17, 15) is 4.79 Å². The smallest absolute Gasteiger partial charge is 0.291 e. The number of nitrogens with one attached hydrogen (secondary N) is 1. The number of amides is 1. The Kier molecular flexibility index (Phi) is 5.93. The first-order valence-electron chi connectivity index (χ1n) is 10.1. The van der Waals surface area contributed by atoms with Crippen LogP contribution in [0.4, 0.5) is 5.69 Å². The van der Waals surface area contributed by atoms with Crippen LogP contribution in [-0.4, -0.2) is 19.1 Å². The van der Waals surface area contributed by atoms with E-state index < -0.39 is 0 Å². The van der Waals surface area contributed by atoms with Crippen LogP contribution in [0.25, 0.3) is 0 Å². The minimum atomic E-state index is -0.337. The highest BCUT2D eigenvalue weighted by Crippen LogP contribution is 2.32. The number of rotatable bonds is 7. The molecule has 0 bridgehead atoms. The van der Waals surface area contributed by atoms with Crippen molar-refractivity contribution in [2.45, 2.75) is 32.8 Å². The molecule has 1 amide bonds. The molecule has 1 atom stereocenters. The third-order valence-electron chi connectivity index (χ3n) is 5.13. The second kappa shape index (κ2) is 8.95. The van der Waals surface area contributed by atoms with Crippen LogP contribution in [0.3, 0.4) is 0 Å². The third kappa shape index (κ3) is 4.59. The standard InChI is InChI=1S/C24H25NO5/c1-3-16(2)17-4-7-19(8-5-17)29-15-20-9-11-22(30-20)24(26)25-18-6-10-21-23(14-18)28-13-12-27-21/h4-11,14,16H,3,12-13,15H2,1-2H3,(H,25,26). The maximum Gasteiger partial charge on any atom is 0.291 e. The number of benzene rings is 2. The Hall–Kier alpha value is -3.41. The van der Waals surface area contributed by atoms with E-state index in [0.29, 0.717) is 42.1 Å². The number of carbonyl (C=O) groups is 1. The number of ether oxygens (including phenoxy) is 3. The zero-order chi connectivity index (χ0) is 20.9. The molecule has 0 fully saturated rings. The molecule has 0 radical (unpaired) electrons. The molecule has 0 spiro atoms. The molecule has 6 heteroatoms. The van der Waals surface area contributed by atoms with E-state index in [1.54, 1.807) is 30.3 Å². The number of carbonyl (C=O) groups excluding carboxylic acids is 1. The fourth-order valence-corrected chi connectivity index (χ4v) is 3.17. The Labute approximate surface area is 175 Å². The van der Waals surface area contributed by atoms with Gasteiger partial charge in [-0.1, -0.05) is 26.0 Å². The third-order valence-corrected chi connectivity index (χ3v) is 5.13. The van der Waals surface area contributed by atoms with Gasteiger partial charge in [0, 0.05) is 11.8 Å². The predicted octanol–water partition coefficient (Wildman–Crippen LogP) is 5.40. The number of anilines is 1. The summed E-state index contributed by atoms with van der Waals surface area (Å²) in [6, 6.07) is 16.7. The van der Waals surface area contributed by atoms with Crippen molar-refractivity contribution in [2.75, 3.05) is 18.5 Å². The summed E-state index contributed by atoms with van der Waals surface area (Å²) in [6.07, 6.45) is 1.10. The highest BCUT2D eigenvalue weighted by atomic mass is 16.6. The first-order valence-corrected chi connectivity index (χ1v) is 10.1. The van der Waals surface area contributed by atoms with Gasteiger partial charge >= 0.3 is 0 Å². The van der Waals surface area contributed by atoms with Crippen LogP contribution in [0.15, 0.2) is 59.0 Å². The zero-order valence-electron chi connectivity index (χ0n) is 17.1. The summed E-state index contributed by atoms with van der Waals surface area (Å²) in [7, 11) is 0. The number of hydrogen-bond donors (Lipinski definition) is 1. The van der Waals surface area contributed by atoms with Crippen LogP contribution in [0.1, 0.15) is 48.1 Å². The van der Waals surface area contributed by atoms with Gasteiger partial charge in [0.05, 0.1) is 0 Å². The second-order valence-electron chi connectivity index (χ2n) is 7.25. The van der Waals surface area contributed by atoms with Gasteiger partial charge in [-0.15, -0.1) is 0 Å². The molecule has 4 rings (SSSR count). The molecular weight excluding hydrogens is 382 g/mol. The summed E-state index contributed by atoms with van der Waals surface area (Å²) in [5, 5.41) is 2.81. The largest absolute Gasteiger partial charge is 0.486 e. The molecule has 6 nitrogen and oxygen atoms in total. The van der Waals surface area contributed by atoms with Crippen LogP contribution in [0, 0.1) is 0 Å². The van der Waals surface area contributed by atoms with Crippen LogP contribution in [-0.2, 0) is 6.61 Å². The quantitative estimate of drug-likeness (QED) is 0.568. The lowest BCUT2D eigenvalue weighted by atomic mass is 9.99. The van der Waals surface area contributed by atoms with Crippen LogP contribution in [0.5, 0.6) is 17.2 Å². The summed E-state index contributed by atoms with van der Waals surface area (Å²) < 4.78 is 22.4. The molecule has 30 heavy (non-hydrogen) atoms. The van der Waals surface area contributed by atoms with E-state index in [1.165, 1.54) is 5.56 Å². The van der Waals surface area contributed by atoms with E-state index in [4.69, 9.17) is 18.6 Å². The molecule has 156 valence electrons. The van der Waals surface area contributed by atoms with Crippen LogP contribution < -0.4 is 19.5 Å². The highest BCUT2D eigenvalue weighted by Gasteiger charge is 2.15. The molecule has 2 heterocycles. The lowest BCUT2D eigenvalue weighted by Crippen LogP contribution is -2.16. The summed E-state index contributed by atoms with van der Waals surface area (Å²) >= 11 is 0. The maximum absolute atomic E-state index is 12.5. The Bertz CT molecular complexity index is 1010. The Balaban J connectivity index is 1.34. The van der Waals surface area contributed by atoms with Crippen LogP contribution in [0.2, 0.25) is 0 Å². The summed E-state index contributed by atoms with van der Waals surface area (Å²) in [5.74, 6) is 3.04. The Morgan fingerprint density at radius 2 is 1.80 bits per heavy atom. The van der Waals surface area contributed by atoms with Gasteiger partial charge in [-0.3, -0.25) is 4.79 Å². The van der Waals surface area contributed by atoms with E-state index in [2.05, 4.69) is 31.3 Å². The molecule has 1 aliphatic rings.